The first kappa shape index (κ1) is 14.7. The molecule has 0 saturated carbocycles. The van der Waals surface area contributed by atoms with Crippen LogP contribution in [0.1, 0.15) is 45.4 Å². The van der Waals surface area contributed by atoms with Crippen molar-refractivity contribution in [3.05, 3.63) is 5.51 Å². The maximum absolute atomic E-state index is 4.64. The second kappa shape index (κ2) is 7.84. The minimum Gasteiger partial charge on any atom is -0.146 e. The summed E-state index contributed by atoms with van der Waals surface area (Å²) in [6.07, 6.45) is 7.84. The van der Waals surface area contributed by atoms with Crippen molar-refractivity contribution < 1.29 is 0 Å². The van der Waals surface area contributed by atoms with Crippen molar-refractivity contribution in [2.45, 2.75) is 49.8 Å². The van der Waals surface area contributed by atoms with Crippen LogP contribution in [0.3, 0.4) is 0 Å². The predicted octanol–water partition coefficient (Wildman–Crippen LogP) is 4.75. The first-order valence-electron chi connectivity index (χ1n) is 5.69. The van der Waals surface area contributed by atoms with Crippen molar-refractivity contribution in [3.8, 4) is 0 Å². The highest BCUT2D eigenvalue weighted by Gasteiger charge is 2.20. The summed E-state index contributed by atoms with van der Waals surface area (Å²) in [7, 11) is -1.28. The number of thiol groups is 2. The van der Waals surface area contributed by atoms with Crippen LogP contribution in [-0.2, 0) is 0 Å². The molecule has 0 aromatic carbocycles. The van der Waals surface area contributed by atoms with Crippen LogP contribution in [0, 0.1) is 0 Å². The fraction of sp³-hybridized carbons (Fsp3) is 0.800. The second-order valence-electron chi connectivity index (χ2n) is 3.84. The van der Waals surface area contributed by atoms with Crippen molar-refractivity contribution in [2.75, 3.05) is 5.75 Å². The van der Waals surface area contributed by atoms with E-state index in [0.717, 1.165) is 10.1 Å². The lowest BCUT2D eigenvalue weighted by Gasteiger charge is -2.24. The topological polar surface area (TPSA) is 25.8 Å². The lowest BCUT2D eigenvalue weighted by molar-refractivity contribution is 0.626. The van der Waals surface area contributed by atoms with E-state index in [4.69, 9.17) is 0 Å². The molecule has 0 aliphatic heterocycles. The van der Waals surface area contributed by atoms with E-state index in [-0.39, 0.29) is 0 Å². The number of rotatable bonds is 8. The van der Waals surface area contributed by atoms with Crippen molar-refractivity contribution in [2.24, 2.45) is 0 Å². The van der Waals surface area contributed by atoms with E-state index in [2.05, 4.69) is 40.4 Å². The molecule has 1 aromatic heterocycles. The van der Waals surface area contributed by atoms with Crippen LogP contribution in [0.2, 0.25) is 0 Å². The smallest absolute Gasteiger partial charge is 0.146 e. The van der Waals surface area contributed by atoms with Crippen LogP contribution < -0.4 is 0 Å². The third-order valence-electron chi connectivity index (χ3n) is 2.40. The van der Waals surface area contributed by atoms with Gasteiger partial charge in [0.1, 0.15) is 5.51 Å². The Labute approximate surface area is 114 Å². The van der Waals surface area contributed by atoms with Gasteiger partial charge in [0.25, 0.3) is 0 Å². The molecule has 2 nitrogen and oxygen atoms in total. The first-order chi connectivity index (χ1) is 7.67. The molecule has 0 N–H and O–H groups in total. The lowest BCUT2D eigenvalue weighted by Crippen LogP contribution is -1.93. The van der Waals surface area contributed by atoms with Gasteiger partial charge in [-0.25, -0.2) is 0 Å². The number of nitrogens with zero attached hydrogens (tertiary/aromatic N) is 2. The Hall–Kier alpha value is 0.610. The fourth-order valence-corrected chi connectivity index (χ4v) is 5.48. The van der Waals surface area contributed by atoms with E-state index in [1.165, 1.54) is 38.5 Å². The van der Waals surface area contributed by atoms with Gasteiger partial charge in [0, 0.05) is 5.75 Å². The highest BCUT2D eigenvalue weighted by atomic mass is 33.5. The molecule has 0 aliphatic rings. The quantitative estimate of drug-likeness (QED) is 0.411. The summed E-state index contributed by atoms with van der Waals surface area (Å²) in [5.41, 5.74) is 1.75. The number of unbranched alkanes of at least 4 members (excludes halogenated alkanes) is 5. The Bertz CT molecular complexity index is 274. The molecule has 0 atom stereocenters. The molecule has 0 saturated heterocycles. The molecule has 0 amide bonds. The van der Waals surface area contributed by atoms with Crippen LogP contribution in [0.4, 0.5) is 0 Å². The Morgan fingerprint density at radius 2 is 1.88 bits per heavy atom. The van der Waals surface area contributed by atoms with Crippen molar-refractivity contribution >= 4 is 42.8 Å². The van der Waals surface area contributed by atoms with Gasteiger partial charge in [-0.3, -0.25) is 0 Å². The van der Waals surface area contributed by atoms with Crippen molar-refractivity contribution in [1.82, 2.24) is 10.2 Å². The molecular formula is C10H20N2S4. The molecule has 94 valence electrons. The maximum Gasteiger partial charge on any atom is 0.174 e. The van der Waals surface area contributed by atoms with Crippen LogP contribution in [-0.4, -0.2) is 16.0 Å². The normalized spacial score (nSPS) is 12.9. The highest BCUT2D eigenvalue weighted by Crippen LogP contribution is 2.64. The Kier molecular flexibility index (Phi) is 7.19. The Morgan fingerprint density at radius 1 is 1.19 bits per heavy atom. The standard InChI is InChI=1S/C10H20N2S4/c1-2-3-4-5-6-7-8-16(13,14)10-12-11-9-15-10/h9,13-14H,2-8H2,1H3. The Balaban J connectivity index is 2.17. The third-order valence-corrected chi connectivity index (χ3v) is 8.40. The second-order valence-corrected chi connectivity index (χ2v) is 11.7. The molecule has 0 unspecified atom stereocenters. The molecule has 1 aromatic rings. The van der Waals surface area contributed by atoms with E-state index in [9.17, 15) is 0 Å². The summed E-state index contributed by atoms with van der Waals surface area (Å²) in [5.74, 6) is 1.04. The molecule has 0 spiro atoms. The lowest BCUT2D eigenvalue weighted by atomic mass is 10.1. The zero-order valence-electron chi connectivity index (χ0n) is 9.63. The van der Waals surface area contributed by atoms with Gasteiger partial charge in [-0.1, -0.05) is 58.5 Å². The van der Waals surface area contributed by atoms with E-state index in [1.54, 1.807) is 16.8 Å². The summed E-state index contributed by atoms with van der Waals surface area (Å²) in [6.45, 7) is 2.24. The van der Waals surface area contributed by atoms with Gasteiger partial charge in [0.2, 0.25) is 0 Å². The van der Waals surface area contributed by atoms with E-state index in [0.29, 0.717) is 0 Å². The minimum absolute atomic E-state index is 0.993. The van der Waals surface area contributed by atoms with E-state index < -0.39 is 8.09 Å². The molecule has 1 heterocycles. The number of hydrogen-bond acceptors (Lipinski definition) is 5. The van der Waals surface area contributed by atoms with Crippen molar-refractivity contribution in [3.63, 3.8) is 0 Å². The summed E-state index contributed by atoms with van der Waals surface area (Å²) in [5, 5.41) is 7.92. The fourth-order valence-electron chi connectivity index (χ4n) is 1.48. The zero-order chi connectivity index (χ0) is 11.9. The maximum atomic E-state index is 4.64. The summed E-state index contributed by atoms with van der Waals surface area (Å²) >= 11 is 10.8. The predicted molar refractivity (Wildman–Crippen MR) is 82.0 cm³/mol. The molecule has 0 radical (unpaired) electrons. The molecule has 16 heavy (non-hydrogen) atoms. The van der Waals surface area contributed by atoms with Crippen LogP contribution in [0.15, 0.2) is 9.85 Å². The van der Waals surface area contributed by atoms with Gasteiger partial charge in [-0.2, -0.15) is 0 Å². The van der Waals surface area contributed by atoms with Gasteiger partial charge in [-0.15, -0.1) is 33.5 Å². The largest absolute Gasteiger partial charge is 0.174 e. The first-order valence-corrected chi connectivity index (χ1v) is 10.5. The SMILES string of the molecule is CCCCCCCCS(S)(S)c1nncs1. The number of aromatic nitrogens is 2. The zero-order valence-corrected chi connectivity index (χ0v) is 13.1. The summed E-state index contributed by atoms with van der Waals surface area (Å²) in [6, 6.07) is 0. The van der Waals surface area contributed by atoms with Gasteiger partial charge in [0.05, 0.1) is 0 Å². The van der Waals surface area contributed by atoms with Crippen LogP contribution in [0.5, 0.6) is 0 Å². The molecule has 0 bridgehead atoms. The van der Waals surface area contributed by atoms with E-state index >= 15 is 0 Å². The minimum atomic E-state index is -1.28. The molecule has 0 fully saturated rings. The third kappa shape index (κ3) is 5.29. The highest BCUT2D eigenvalue weighted by molar-refractivity contribution is 9.18. The monoisotopic (exact) mass is 296 g/mol. The molecular weight excluding hydrogens is 276 g/mol. The van der Waals surface area contributed by atoms with Gasteiger partial charge in [-0.05, 0) is 6.42 Å². The average Bonchev–Trinajstić information content (AvgIpc) is 2.77. The van der Waals surface area contributed by atoms with Crippen molar-refractivity contribution in [1.29, 1.82) is 0 Å². The van der Waals surface area contributed by atoms with E-state index in [1.807, 2.05) is 0 Å². The van der Waals surface area contributed by atoms with Crippen LogP contribution >= 0.6 is 42.8 Å². The Morgan fingerprint density at radius 3 is 2.50 bits per heavy atom. The molecule has 0 aliphatic carbocycles. The molecule has 1 rings (SSSR count). The van der Waals surface area contributed by atoms with Gasteiger partial charge < -0.3 is 0 Å². The van der Waals surface area contributed by atoms with Crippen LogP contribution in [0.25, 0.3) is 0 Å². The van der Waals surface area contributed by atoms with Gasteiger partial charge in [0.15, 0.2) is 4.34 Å². The summed E-state index contributed by atoms with van der Waals surface area (Å²) < 4.78 is 0.993. The number of hydrogen-bond donors (Lipinski definition) is 2. The average molecular weight is 297 g/mol. The van der Waals surface area contributed by atoms with Gasteiger partial charge >= 0.3 is 0 Å². The molecule has 6 heteroatoms. The summed E-state index contributed by atoms with van der Waals surface area (Å²) in [4.78, 5) is 0.